The standard InChI is InChI=1S/C13H18N2O3/c1-9-4-5-11(10(2)8-9)15-13(18)12(17)14-6-3-7-16/h4-5,8,16H,3,6-7H2,1-2H3,(H,14,17)(H,15,18). The number of nitrogens with one attached hydrogen (secondary N) is 2. The molecule has 0 aliphatic heterocycles. The Morgan fingerprint density at radius 1 is 1.22 bits per heavy atom. The molecule has 0 radical (unpaired) electrons. The van der Waals surface area contributed by atoms with Crippen molar-refractivity contribution in [2.45, 2.75) is 20.3 Å². The summed E-state index contributed by atoms with van der Waals surface area (Å²) < 4.78 is 0. The summed E-state index contributed by atoms with van der Waals surface area (Å²) in [6.07, 6.45) is 0.433. The van der Waals surface area contributed by atoms with Gasteiger partial charge in [0.15, 0.2) is 0 Å². The van der Waals surface area contributed by atoms with Crippen molar-refractivity contribution in [3.05, 3.63) is 29.3 Å². The molecule has 2 amide bonds. The summed E-state index contributed by atoms with van der Waals surface area (Å²) in [5.41, 5.74) is 2.63. The van der Waals surface area contributed by atoms with Crippen molar-refractivity contribution in [2.24, 2.45) is 0 Å². The van der Waals surface area contributed by atoms with Crippen molar-refractivity contribution in [3.63, 3.8) is 0 Å². The van der Waals surface area contributed by atoms with Crippen LogP contribution in [0.2, 0.25) is 0 Å². The number of carbonyl (C=O) groups excluding carboxylic acids is 2. The van der Waals surface area contributed by atoms with Gasteiger partial charge < -0.3 is 15.7 Å². The summed E-state index contributed by atoms with van der Waals surface area (Å²) in [4.78, 5) is 23.0. The zero-order chi connectivity index (χ0) is 13.5. The highest BCUT2D eigenvalue weighted by Crippen LogP contribution is 2.15. The molecule has 0 saturated heterocycles. The summed E-state index contributed by atoms with van der Waals surface area (Å²) in [5.74, 6) is -1.39. The zero-order valence-corrected chi connectivity index (χ0v) is 10.6. The molecular formula is C13H18N2O3. The number of aliphatic hydroxyl groups excluding tert-OH is 1. The molecule has 98 valence electrons. The van der Waals surface area contributed by atoms with Gasteiger partial charge in [-0.2, -0.15) is 0 Å². The molecule has 0 bridgehead atoms. The highest BCUT2D eigenvalue weighted by atomic mass is 16.3. The maximum atomic E-state index is 11.6. The van der Waals surface area contributed by atoms with Crippen LogP contribution in [0.15, 0.2) is 18.2 Å². The number of anilines is 1. The molecule has 0 atom stereocenters. The highest BCUT2D eigenvalue weighted by Gasteiger charge is 2.13. The molecule has 0 aliphatic rings. The van der Waals surface area contributed by atoms with Crippen LogP contribution in [0.4, 0.5) is 5.69 Å². The molecule has 1 rings (SSSR count). The minimum absolute atomic E-state index is 0.0149. The highest BCUT2D eigenvalue weighted by molar-refractivity contribution is 6.39. The van der Waals surface area contributed by atoms with E-state index in [1.54, 1.807) is 6.07 Å². The molecule has 0 aliphatic carbocycles. The first kappa shape index (κ1) is 14.2. The van der Waals surface area contributed by atoms with Crippen LogP contribution in [0, 0.1) is 13.8 Å². The van der Waals surface area contributed by atoms with Crippen LogP contribution >= 0.6 is 0 Å². The van der Waals surface area contributed by atoms with E-state index in [1.807, 2.05) is 26.0 Å². The van der Waals surface area contributed by atoms with Crippen LogP contribution in [-0.2, 0) is 9.59 Å². The molecule has 0 unspecified atom stereocenters. The van der Waals surface area contributed by atoms with Crippen LogP contribution in [0.3, 0.4) is 0 Å². The molecule has 1 aromatic rings. The topological polar surface area (TPSA) is 78.4 Å². The second-order valence-corrected chi connectivity index (χ2v) is 4.11. The lowest BCUT2D eigenvalue weighted by molar-refractivity contribution is -0.136. The summed E-state index contributed by atoms with van der Waals surface area (Å²) in [7, 11) is 0. The normalized spacial score (nSPS) is 9.94. The van der Waals surface area contributed by atoms with Crippen molar-refractivity contribution in [2.75, 3.05) is 18.5 Å². The number of carbonyl (C=O) groups is 2. The van der Waals surface area contributed by atoms with Crippen molar-refractivity contribution in [1.82, 2.24) is 5.32 Å². The predicted octanol–water partition coefficient (Wildman–Crippen LogP) is 0.741. The monoisotopic (exact) mass is 250 g/mol. The van der Waals surface area contributed by atoms with Gasteiger partial charge in [-0.25, -0.2) is 0 Å². The number of amides is 2. The Morgan fingerprint density at radius 3 is 2.56 bits per heavy atom. The third-order valence-corrected chi connectivity index (χ3v) is 2.46. The van der Waals surface area contributed by atoms with Crippen molar-refractivity contribution >= 4 is 17.5 Å². The Labute approximate surface area is 106 Å². The van der Waals surface area contributed by atoms with Crippen LogP contribution in [0.1, 0.15) is 17.5 Å². The lowest BCUT2D eigenvalue weighted by Crippen LogP contribution is -2.36. The predicted molar refractivity (Wildman–Crippen MR) is 69.3 cm³/mol. The molecule has 0 aromatic heterocycles. The zero-order valence-electron chi connectivity index (χ0n) is 10.6. The van der Waals surface area contributed by atoms with Gasteiger partial charge in [0.05, 0.1) is 0 Å². The van der Waals surface area contributed by atoms with Gasteiger partial charge in [-0.05, 0) is 31.9 Å². The Bertz CT molecular complexity index is 444. The van der Waals surface area contributed by atoms with Crippen LogP contribution in [0.5, 0.6) is 0 Å². The molecule has 0 spiro atoms. The Hall–Kier alpha value is -1.88. The van der Waals surface area contributed by atoms with Crippen molar-refractivity contribution < 1.29 is 14.7 Å². The van der Waals surface area contributed by atoms with Crippen LogP contribution in [-0.4, -0.2) is 30.1 Å². The van der Waals surface area contributed by atoms with Gasteiger partial charge in [0.1, 0.15) is 0 Å². The number of aryl methyl sites for hydroxylation is 2. The van der Waals surface area contributed by atoms with E-state index < -0.39 is 11.8 Å². The molecule has 1 aromatic carbocycles. The van der Waals surface area contributed by atoms with Gasteiger partial charge >= 0.3 is 11.8 Å². The first-order chi connectivity index (χ1) is 8.54. The smallest absolute Gasteiger partial charge is 0.313 e. The third-order valence-electron chi connectivity index (χ3n) is 2.46. The van der Waals surface area contributed by atoms with E-state index in [-0.39, 0.29) is 13.2 Å². The first-order valence-electron chi connectivity index (χ1n) is 5.82. The fraction of sp³-hybridized carbons (Fsp3) is 0.385. The largest absolute Gasteiger partial charge is 0.396 e. The van der Waals surface area contributed by atoms with E-state index in [2.05, 4.69) is 10.6 Å². The van der Waals surface area contributed by atoms with E-state index in [0.29, 0.717) is 12.1 Å². The van der Waals surface area contributed by atoms with Gasteiger partial charge in [0.2, 0.25) is 0 Å². The number of benzene rings is 1. The number of rotatable bonds is 4. The average molecular weight is 250 g/mol. The van der Waals surface area contributed by atoms with Gasteiger partial charge in [0, 0.05) is 18.8 Å². The third kappa shape index (κ3) is 4.18. The molecule has 0 saturated carbocycles. The van der Waals surface area contributed by atoms with E-state index in [9.17, 15) is 9.59 Å². The van der Waals surface area contributed by atoms with E-state index in [0.717, 1.165) is 11.1 Å². The minimum Gasteiger partial charge on any atom is -0.396 e. The molecule has 5 nitrogen and oxygen atoms in total. The fourth-order valence-corrected chi connectivity index (χ4v) is 1.49. The molecule has 0 heterocycles. The van der Waals surface area contributed by atoms with Gasteiger partial charge in [-0.15, -0.1) is 0 Å². The number of hydrogen-bond donors (Lipinski definition) is 3. The van der Waals surface area contributed by atoms with Crippen molar-refractivity contribution in [1.29, 1.82) is 0 Å². The summed E-state index contributed by atoms with van der Waals surface area (Å²) in [6.45, 7) is 4.10. The van der Waals surface area contributed by atoms with E-state index in [4.69, 9.17) is 5.11 Å². The Morgan fingerprint density at radius 2 is 1.94 bits per heavy atom. The van der Waals surface area contributed by atoms with E-state index >= 15 is 0 Å². The molecule has 5 heteroatoms. The second-order valence-electron chi connectivity index (χ2n) is 4.11. The van der Waals surface area contributed by atoms with Crippen LogP contribution < -0.4 is 10.6 Å². The molecule has 3 N–H and O–H groups in total. The van der Waals surface area contributed by atoms with E-state index in [1.165, 1.54) is 0 Å². The number of hydrogen-bond acceptors (Lipinski definition) is 3. The quantitative estimate of drug-likeness (QED) is 0.545. The number of aliphatic hydroxyl groups is 1. The molecule has 18 heavy (non-hydrogen) atoms. The maximum absolute atomic E-state index is 11.6. The lowest BCUT2D eigenvalue weighted by Gasteiger charge is -2.09. The van der Waals surface area contributed by atoms with Crippen LogP contribution in [0.25, 0.3) is 0 Å². The van der Waals surface area contributed by atoms with Gasteiger partial charge in [-0.1, -0.05) is 17.7 Å². The SMILES string of the molecule is Cc1ccc(NC(=O)C(=O)NCCCO)c(C)c1. The lowest BCUT2D eigenvalue weighted by atomic mass is 10.1. The summed E-state index contributed by atoms with van der Waals surface area (Å²) >= 11 is 0. The maximum Gasteiger partial charge on any atom is 0.313 e. The summed E-state index contributed by atoms with van der Waals surface area (Å²) in [6, 6.07) is 5.56. The molecule has 0 fully saturated rings. The Kier molecular flexibility index (Phi) is 5.32. The molecular weight excluding hydrogens is 232 g/mol. The van der Waals surface area contributed by atoms with Crippen molar-refractivity contribution in [3.8, 4) is 0 Å². The van der Waals surface area contributed by atoms with Gasteiger partial charge in [-0.3, -0.25) is 9.59 Å². The second kappa shape index (κ2) is 6.76. The van der Waals surface area contributed by atoms with Gasteiger partial charge in [0.25, 0.3) is 0 Å². The average Bonchev–Trinajstić information content (AvgIpc) is 2.32. The Balaban J connectivity index is 2.56. The first-order valence-corrected chi connectivity index (χ1v) is 5.82. The fourth-order valence-electron chi connectivity index (χ4n) is 1.49. The minimum atomic E-state index is -0.695. The summed E-state index contributed by atoms with van der Waals surface area (Å²) in [5, 5.41) is 13.5.